The zero-order valence-corrected chi connectivity index (χ0v) is 10.9. The summed E-state index contributed by atoms with van der Waals surface area (Å²) < 4.78 is 0. The first-order chi connectivity index (χ1) is 6.96. The van der Waals surface area contributed by atoms with E-state index < -0.39 is 0 Å². The fraction of sp³-hybridized carbons (Fsp3) is 0.714. The van der Waals surface area contributed by atoms with Crippen molar-refractivity contribution in [2.45, 2.75) is 47.0 Å². The van der Waals surface area contributed by atoms with E-state index in [9.17, 15) is 0 Å². The van der Waals surface area contributed by atoms with Gasteiger partial charge in [0.2, 0.25) is 0 Å². The highest BCUT2D eigenvalue weighted by molar-refractivity contribution is 5.30. The quantitative estimate of drug-likeness (QED) is 0.674. The summed E-state index contributed by atoms with van der Waals surface area (Å²) in [6, 6.07) is 0. The highest BCUT2D eigenvalue weighted by atomic mass is 15.1. The smallest absolute Gasteiger partial charge is 0.0349 e. The van der Waals surface area contributed by atoms with E-state index in [0.29, 0.717) is 5.41 Å². The molecule has 0 aliphatic heterocycles. The lowest BCUT2D eigenvalue weighted by atomic mass is 9.89. The summed E-state index contributed by atoms with van der Waals surface area (Å²) in [6.45, 7) is 10.3. The Labute approximate surface area is 94.9 Å². The number of rotatable bonds is 4. The molecule has 1 heteroatoms. The van der Waals surface area contributed by atoms with E-state index in [1.165, 1.54) is 30.5 Å². The van der Waals surface area contributed by atoms with E-state index in [0.717, 1.165) is 6.54 Å². The first-order valence-corrected chi connectivity index (χ1v) is 6.05. The van der Waals surface area contributed by atoms with Crippen LogP contribution in [0.5, 0.6) is 0 Å². The lowest BCUT2D eigenvalue weighted by Crippen LogP contribution is -2.31. The predicted octanol–water partition coefficient (Wildman–Crippen LogP) is 3.98. The van der Waals surface area contributed by atoms with Crippen molar-refractivity contribution in [3.63, 3.8) is 0 Å². The molecule has 1 nitrogen and oxygen atoms in total. The summed E-state index contributed by atoms with van der Waals surface area (Å²) in [5.74, 6) is 0. The summed E-state index contributed by atoms with van der Waals surface area (Å²) in [6.07, 6.45) is 8.36. The summed E-state index contributed by atoms with van der Waals surface area (Å²) >= 11 is 0. The highest BCUT2D eigenvalue weighted by Gasteiger charge is 2.19. The number of nitrogens with zero attached hydrogens (tertiary/aromatic N) is 1. The molecule has 0 spiro atoms. The lowest BCUT2D eigenvalue weighted by molar-refractivity contribution is 0.240. The molecule has 0 bridgehead atoms. The zero-order chi connectivity index (χ0) is 11.5. The fourth-order valence-electron chi connectivity index (χ4n) is 2.08. The second-order valence-corrected chi connectivity index (χ2v) is 5.43. The van der Waals surface area contributed by atoms with Crippen LogP contribution in [0.4, 0.5) is 0 Å². The zero-order valence-electron chi connectivity index (χ0n) is 10.9. The number of likely N-dealkylation sites (N-methyl/N-ethyl adjacent to an activating group) is 1. The van der Waals surface area contributed by atoms with Crippen LogP contribution in [0.1, 0.15) is 47.0 Å². The van der Waals surface area contributed by atoms with Gasteiger partial charge in [0.1, 0.15) is 0 Å². The van der Waals surface area contributed by atoms with Crippen molar-refractivity contribution in [3.05, 3.63) is 23.4 Å². The molecule has 1 rings (SSSR count). The molecule has 0 N–H and O–H groups in total. The minimum absolute atomic E-state index is 0.410. The van der Waals surface area contributed by atoms with E-state index in [1.807, 2.05) is 0 Å². The topological polar surface area (TPSA) is 3.24 Å². The van der Waals surface area contributed by atoms with Crippen molar-refractivity contribution in [3.8, 4) is 0 Å². The second-order valence-electron chi connectivity index (χ2n) is 5.43. The Morgan fingerprint density at radius 2 is 1.87 bits per heavy atom. The summed E-state index contributed by atoms with van der Waals surface area (Å²) in [7, 11) is 2.21. The molecular weight excluding hydrogens is 182 g/mol. The molecule has 0 amide bonds. The second kappa shape index (κ2) is 4.87. The van der Waals surface area contributed by atoms with Crippen LogP contribution < -0.4 is 0 Å². The SMILES string of the molecule is CCC(C)(C)CN(C)C1=CCCC=C1C. The van der Waals surface area contributed by atoms with Gasteiger partial charge in [0.05, 0.1) is 0 Å². The van der Waals surface area contributed by atoms with Crippen LogP contribution in [0.15, 0.2) is 23.4 Å². The van der Waals surface area contributed by atoms with Gasteiger partial charge < -0.3 is 4.90 Å². The van der Waals surface area contributed by atoms with Crippen molar-refractivity contribution < 1.29 is 0 Å². The molecule has 0 heterocycles. The van der Waals surface area contributed by atoms with Crippen molar-refractivity contribution >= 4 is 0 Å². The third kappa shape index (κ3) is 3.40. The molecule has 0 aromatic heterocycles. The van der Waals surface area contributed by atoms with Gasteiger partial charge in [-0.2, -0.15) is 0 Å². The molecule has 15 heavy (non-hydrogen) atoms. The minimum Gasteiger partial charge on any atom is -0.374 e. The molecule has 0 radical (unpaired) electrons. The highest BCUT2D eigenvalue weighted by Crippen LogP contribution is 2.26. The van der Waals surface area contributed by atoms with Crippen molar-refractivity contribution in [2.24, 2.45) is 5.41 Å². The Bertz CT molecular complexity index is 271. The third-order valence-electron chi connectivity index (χ3n) is 3.39. The maximum Gasteiger partial charge on any atom is 0.0349 e. The fourth-order valence-corrected chi connectivity index (χ4v) is 2.08. The molecule has 0 fully saturated rings. The average Bonchev–Trinajstić information content (AvgIpc) is 2.17. The van der Waals surface area contributed by atoms with Crippen molar-refractivity contribution in [2.75, 3.05) is 13.6 Å². The van der Waals surface area contributed by atoms with Gasteiger partial charge in [-0.05, 0) is 37.2 Å². The molecule has 86 valence electrons. The first kappa shape index (κ1) is 12.4. The minimum atomic E-state index is 0.410. The maximum absolute atomic E-state index is 2.41. The number of allylic oxidation sites excluding steroid dienone is 3. The van der Waals surface area contributed by atoms with Gasteiger partial charge in [0.25, 0.3) is 0 Å². The number of hydrogen-bond donors (Lipinski definition) is 0. The molecule has 0 atom stereocenters. The van der Waals surface area contributed by atoms with Crippen LogP contribution in [0.3, 0.4) is 0 Å². The van der Waals surface area contributed by atoms with Crippen LogP contribution in [0.2, 0.25) is 0 Å². The Kier molecular flexibility index (Phi) is 4.01. The Morgan fingerprint density at radius 1 is 1.27 bits per heavy atom. The molecular formula is C14H25N. The molecule has 0 aromatic rings. The van der Waals surface area contributed by atoms with Gasteiger partial charge in [-0.3, -0.25) is 0 Å². The van der Waals surface area contributed by atoms with Crippen LogP contribution in [0.25, 0.3) is 0 Å². The van der Waals surface area contributed by atoms with Gasteiger partial charge in [0.15, 0.2) is 0 Å². The molecule has 1 aliphatic rings. The van der Waals surface area contributed by atoms with Crippen molar-refractivity contribution in [1.82, 2.24) is 4.90 Å². The summed E-state index contributed by atoms with van der Waals surface area (Å²) in [5.41, 5.74) is 3.28. The van der Waals surface area contributed by atoms with Crippen molar-refractivity contribution in [1.29, 1.82) is 0 Å². The van der Waals surface area contributed by atoms with Gasteiger partial charge in [-0.1, -0.05) is 32.9 Å². The maximum atomic E-state index is 2.41. The summed E-state index contributed by atoms with van der Waals surface area (Å²) in [4.78, 5) is 2.41. The Hall–Kier alpha value is -0.720. The Morgan fingerprint density at radius 3 is 2.40 bits per heavy atom. The van der Waals surface area contributed by atoms with Gasteiger partial charge >= 0.3 is 0 Å². The van der Waals surface area contributed by atoms with Gasteiger partial charge in [-0.25, -0.2) is 0 Å². The van der Waals surface area contributed by atoms with Crippen LogP contribution in [0, 0.1) is 5.41 Å². The summed E-state index contributed by atoms with van der Waals surface area (Å²) in [5, 5.41) is 0. The third-order valence-corrected chi connectivity index (χ3v) is 3.39. The van der Waals surface area contributed by atoms with E-state index in [-0.39, 0.29) is 0 Å². The van der Waals surface area contributed by atoms with Crippen LogP contribution in [-0.2, 0) is 0 Å². The normalized spacial score (nSPS) is 17.1. The van der Waals surface area contributed by atoms with E-state index in [1.54, 1.807) is 0 Å². The molecule has 0 unspecified atom stereocenters. The molecule has 0 saturated heterocycles. The predicted molar refractivity (Wildman–Crippen MR) is 67.8 cm³/mol. The van der Waals surface area contributed by atoms with Gasteiger partial charge in [-0.15, -0.1) is 0 Å². The largest absolute Gasteiger partial charge is 0.374 e. The van der Waals surface area contributed by atoms with Crippen LogP contribution in [-0.4, -0.2) is 18.5 Å². The van der Waals surface area contributed by atoms with E-state index >= 15 is 0 Å². The standard InChI is InChI=1S/C14H25N/c1-6-14(3,4)11-15(5)13-10-8-7-9-12(13)2/h9-10H,6-8,11H2,1-5H3. The van der Waals surface area contributed by atoms with Crippen LogP contribution >= 0.6 is 0 Å². The van der Waals surface area contributed by atoms with E-state index in [4.69, 9.17) is 0 Å². The van der Waals surface area contributed by atoms with E-state index in [2.05, 4.69) is 51.8 Å². The Balaban J connectivity index is 2.65. The van der Waals surface area contributed by atoms with Gasteiger partial charge in [0, 0.05) is 19.3 Å². The average molecular weight is 207 g/mol. The monoisotopic (exact) mass is 207 g/mol. The lowest BCUT2D eigenvalue weighted by Gasteiger charge is -2.33. The molecule has 0 saturated carbocycles. The molecule has 0 aromatic carbocycles. The molecule has 1 aliphatic carbocycles. The first-order valence-electron chi connectivity index (χ1n) is 6.05. The number of hydrogen-bond acceptors (Lipinski definition) is 1.